The quantitative estimate of drug-likeness (QED) is 0.664. The number of thiazole rings is 1. The first-order valence-electron chi connectivity index (χ1n) is 4.91. The van der Waals surface area contributed by atoms with Crippen molar-refractivity contribution in [2.75, 3.05) is 0 Å². The van der Waals surface area contributed by atoms with Crippen LogP contribution in [0.5, 0.6) is 0 Å². The van der Waals surface area contributed by atoms with E-state index in [4.69, 9.17) is 5.84 Å². The van der Waals surface area contributed by atoms with E-state index in [0.29, 0.717) is 21.8 Å². The van der Waals surface area contributed by atoms with Crippen LogP contribution in [0.3, 0.4) is 0 Å². The molecule has 0 fully saturated rings. The lowest BCUT2D eigenvalue weighted by molar-refractivity contribution is -0.137. The van der Waals surface area contributed by atoms with Crippen LogP contribution in [0.1, 0.15) is 21.5 Å². The molecule has 0 radical (unpaired) electrons. The average molecular weight is 274 g/mol. The van der Waals surface area contributed by atoms with Gasteiger partial charge in [0.1, 0.15) is 0 Å². The zero-order chi connectivity index (χ0) is 13.2. The van der Waals surface area contributed by atoms with Crippen molar-refractivity contribution in [2.45, 2.75) is 12.2 Å². The second-order valence-corrected chi connectivity index (χ2v) is 4.51. The molecule has 0 saturated carbocycles. The van der Waals surface area contributed by atoms with Crippen molar-refractivity contribution in [2.24, 2.45) is 5.84 Å². The van der Waals surface area contributed by atoms with Crippen molar-refractivity contribution in [3.8, 4) is 0 Å². The molecule has 2 aromatic heterocycles. The highest BCUT2D eigenvalue weighted by molar-refractivity contribution is 7.11. The van der Waals surface area contributed by atoms with Crippen LogP contribution in [0.4, 0.5) is 13.2 Å². The summed E-state index contributed by atoms with van der Waals surface area (Å²) in [6, 6.07) is 2.86. The van der Waals surface area contributed by atoms with Gasteiger partial charge in [-0.2, -0.15) is 13.2 Å². The van der Waals surface area contributed by atoms with Gasteiger partial charge in [-0.1, -0.05) is 6.07 Å². The van der Waals surface area contributed by atoms with Crippen LogP contribution in [0.15, 0.2) is 30.7 Å². The van der Waals surface area contributed by atoms with E-state index in [1.165, 1.54) is 12.4 Å². The first-order chi connectivity index (χ1) is 8.52. The van der Waals surface area contributed by atoms with Crippen molar-refractivity contribution in [1.82, 2.24) is 15.4 Å². The standard InChI is InChI=1S/C10H9F3N4S/c11-10(12,13)9-16-5-7(18-9)8(17-14)6-2-1-3-15-4-6/h1-5,8,17H,14H2. The van der Waals surface area contributed by atoms with Gasteiger partial charge in [-0.15, -0.1) is 11.3 Å². The van der Waals surface area contributed by atoms with Gasteiger partial charge in [0.05, 0.1) is 6.04 Å². The highest BCUT2D eigenvalue weighted by Gasteiger charge is 2.35. The predicted octanol–water partition coefficient (Wildman–Crippen LogP) is 2.11. The molecule has 0 saturated heterocycles. The third kappa shape index (κ3) is 2.66. The van der Waals surface area contributed by atoms with Crippen LogP contribution in [0, 0.1) is 0 Å². The summed E-state index contributed by atoms with van der Waals surface area (Å²) >= 11 is 0.561. The van der Waals surface area contributed by atoms with Gasteiger partial charge in [0.25, 0.3) is 0 Å². The second kappa shape index (κ2) is 5.01. The average Bonchev–Trinajstić information content (AvgIpc) is 2.81. The van der Waals surface area contributed by atoms with Crippen molar-refractivity contribution in [3.63, 3.8) is 0 Å². The lowest BCUT2D eigenvalue weighted by Gasteiger charge is -2.13. The number of hydrogen-bond donors (Lipinski definition) is 2. The van der Waals surface area contributed by atoms with E-state index in [-0.39, 0.29) is 0 Å². The van der Waals surface area contributed by atoms with Crippen LogP contribution in [-0.4, -0.2) is 9.97 Å². The van der Waals surface area contributed by atoms with E-state index in [2.05, 4.69) is 15.4 Å². The summed E-state index contributed by atoms with van der Waals surface area (Å²) in [6.07, 6.45) is -0.148. The molecule has 0 aromatic carbocycles. The minimum Gasteiger partial charge on any atom is -0.271 e. The van der Waals surface area contributed by atoms with E-state index < -0.39 is 17.2 Å². The predicted molar refractivity (Wildman–Crippen MR) is 60.5 cm³/mol. The monoisotopic (exact) mass is 274 g/mol. The Kier molecular flexibility index (Phi) is 3.60. The van der Waals surface area contributed by atoms with Crippen LogP contribution < -0.4 is 11.3 Å². The molecule has 2 aromatic rings. The van der Waals surface area contributed by atoms with E-state index in [1.54, 1.807) is 18.3 Å². The third-order valence-electron chi connectivity index (χ3n) is 2.24. The molecule has 0 bridgehead atoms. The Labute approximate surface area is 105 Å². The Morgan fingerprint density at radius 2 is 2.11 bits per heavy atom. The van der Waals surface area contributed by atoms with E-state index in [1.807, 2.05) is 0 Å². The molecular formula is C10H9F3N4S. The second-order valence-electron chi connectivity index (χ2n) is 3.45. The zero-order valence-electron chi connectivity index (χ0n) is 8.98. The Hall–Kier alpha value is -1.51. The maximum atomic E-state index is 12.5. The lowest BCUT2D eigenvalue weighted by Crippen LogP contribution is -2.28. The van der Waals surface area contributed by atoms with Crippen LogP contribution in [0.25, 0.3) is 0 Å². The molecule has 0 aliphatic carbocycles. The van der Waals surface area contributed by atoms with E-state index in [0.717, 1.165) is 0 Å². The van der Waals surface area contributed by atoms with Gasteiger partial charge in [-0.25, -0.2) is 10.4 Å². The number of nitrogens with one attached hydrogen (secondary N) is 1. The topological polar surface area (TPSA) is 63.8 Å². The molecule has 4 nitrogen and oxygen atoms in total. The molecule has 0 aliphatic heterocycles. The maximum absolute atomic E-state index is 12.5. The molecule has 0 spiro atoms. The molecule has 18 heavy (non-hydrogen) atoms. The van der Waals surface area contributed by atoms with E-state index >= 15 is 0 Å². The van der Waals surface area contributed by atoms with Gasteiger partial charge in [0.2, 0.25) is 0 Å². The fourth-order valence-corrected chi connectivity index (χ4v) is 2.31. The number of aromatic nitrogens is 2. The number of halogens is 3. The summed E-state index contributed by atoms with van der Waals surface area (Å²) in [4.78, 5) is 7.65. The summed E-state index contributed by atoms with van der Waals surface area (Å²) in [5.41, 5.74) is 3.14. The van der Waals surface area contributed by atoms with Gasteiger partial charge in [0.15, 0.2) is 5.01 Å². The van der Waals surface area contributed by atoms with Crippen LogP contribution in [-0.2, 0) is 6.18 Å². The van der Waals surface area contributed by atoms with Crippen LogP contribution >= 0.6 is 11.3 Å². The molecule has 8 heteroatoms. The van der Waals surface area contributed by atoms with Crippen LogP contribution in [0.2, 0.25) is 0 Å². The molecule has 1 unspecified atom stereocenters. The molecule has 96 valence electrons. The summed E-state index contributed by atoms with van der Waals surface area (Å²) in [5.74, 6) is 5.37. The SMILES string of the molecule is NNC(c1cccnc1)c1cnc(C(F)(F)F)s1. The number of rotatable bonds is 3. The number of pyridine rings is 1. The van der Waals surface area contributed by atoms with E-state index in [9.17, 15) is 13.2 Å². The third-order valence-corrected chi connectivity index (χ3v) is 3.34. The minimum atomic E-state index is -4.43. The smallest absolute Gasteiger partial charge is 0.271 e. The zero-order valence-corrected chi connectivity index (χ0v) is 9.79. The largest absolute Gasteiger partial charge is 0.443 e. The number of alkyl halides is 3. The van der Waals surface area contributed by atoms with Crippen molar-refractivity contribution in [1.29, 1.82) is 0 Å². The lowest BCUT2D eigenvalue weighted by atomic mass is 10.1. The highest BCUT2D eigenvalue weighted by Crippen LogP contribution is 2.35. The molecule has 2 heterocycles. The molecule has 0 aliphatic rings. The Bertz CT molecular complexity index is 511. The molecule has 0 amide bonds. The fourth-order valence-electron chi connectivity index (χ4n) is 1.44. The first-order valence-corrected chi connectivity index (χ1v) is 5.73. The first kappa shape index (κ1) is 12.9. The summed E-state index contributed by atoms with van der Waals surface area (Å²) in [6.45, 7) is 0. The van der Waals surface area contributed by atoms with Gasteiger partial charge >= 0.3 is 6.18 Å². The van der Waals surface area contributed by atoms with Gasteiger partial charge < -0.3 is 0 Å². The summed E-state index contributed by atoms with van der Waals surface area (Å²) in [7, 11) is 0. The van der Waals surface area contributed by atoms with Gasteiger partial charge in [-0.3, -0.25) is 10.8 Å². The van der Waals surface area contributed by atoms with Crippen molar-refractivity contribution < 1.29 is 13.2 Å². The fraction of sp³-hybridized carbons (Fsp3) is 0.200. The molecule has 1 atom stereocenters. The number of hydrogen-bond acceptors (Lipinski definition) is 5. The number of nitrogens with two attached hydrogens (primary N) is 1. The maximum Gasteiger partial charge on any atom is 0.443 e. The highest BCUT2D eigenvalue weighted by atomic mass is 32.1. The Morgan fingerprint density at radius 1 is 1.33 bits per heavy atom. The van der Waals surface area contributed by atoms with Gasteiger partial charge in [-0.05, 0) is 11.6 Å². The summed E-state index contributed by atoms with van der Waals surface area (Å²) < 4.78 is 37.4. The number of nitrogens with zero attached hydrogens (tertiary/aromatic N) is 2. The molecular weight excluding hydrogens is 265 g/mol. The summed E-state index contributed by atoms with van der Waals surface area (Å²) in [5, 5.41) is -0.887. The Balaban J connectivity index is 2.32. The van der Waals surface area contributed by atoms with Crippen molar-refractivity contribution in [3.05, 3.63) is 46.2 Å². The normalized spacial score (nSPS) is 13.6. The van der Waals surface area contributed by atoms with Crippen molar-refractivity contribution >= 4 is 11.3 Å². The Morgan fingerprint density at radius 3 is 2.61 bits per heavy atom. The number of hydrazine groups is 1. The molecule has 2 rings (SSSR count). The van der Waals surface area contributed by atoms with Gasteiger partial charge in [0, 0.05) is 23.5 Å². The minimum absolute atomic E-state index is 0.387. The molecule has 3 N–H and O–H groups in total.